The molecule has 1 fully saturated rings. The minimum Gasteiger partial charge on any atom is -0.494 e. The number of para-hydroxylation sites is 1. The molecule has 2 atom stereocenters. The summed E-state index contributed by atoms with van der Waals surface area (Å²) in [6.07, 6.45) is 3.60. The van der Waals surface area contributed by atoms with Gasteiger partial charge in [0.2, 0.25) is 11.8 Å². The van der Waals surface area contributed by atoms with Gasteiger partial charge in [-0.1, -0.05) is 74.0 Å². The third kappa shape index (κ3) is 8.03. The highest BCUT2D eigenvalue weighted by Crippen LogP contribution is 2.31. The summed E-state index contributed by atoms with van der Waals surface area (Å²) < 4.78 is 32.8. The van der Waals surface area contributed by atoms with Gasteiger partial charge in [0.1, 0.15) is 25.5 Å². The van der Waals surface area contributed by atoms with Gasteiger partial charge in [-0.2, -0.15) is 5.10 Å². The predicted octanol–water partition coefficient (Wildman–Crippen LogP) is 6.50. The number of carbonyl (C=O) groups is 2. The number of hydrogen-bond donors (Lipinski definition) is 2. The van der Waals surface area contributed by atoms with E-state index in [2.05, 4.69) is 17.0 Å². The summed E-state index contributed by atoms with van der Waals surface area (Å²) in [7, 11) is 0. The standard InChI is InChI=1S/C34H34FN3O6/c1-23(42-21-24-10-3-2-4-11-24)27-14-5-7-16-29(27)36-32(39)20-38-33(19-30(37-38)34(40)41)43-22-25-12-9-13-26(18-25)44-31-17-8-6-15-28(31)35/h2-4,6,8-13,15,17-19,27,29H,1,5,7,14,16,20-22H2,(H,36,39)(H,40,41)/t27-,29+/m1/s1. The zero-order valence-corrected chi connectivity index (χ0v) is 24.2. The number of carboxylic acids is 1. The summed E-state index contributed by atoms with van der Waals surface area (Å²) in [6.45, 7) is 4.35. The highest BCUT2D eigenvalue weighted by Gasteiger charge is 2.30. The van der Waals surface area contributed by atoms with Gasteiger partial charge in [0.15, 0.2) is 17.3 Å². The normalized spacial score (nSPS) is 16.1. The molecular formula is C34H34FN3O6. The lowest BCUT2D eigenvalue weighted by molar-refractivity contribution is -0.123. The van der Waals surface area contributed by atoms with Crippen LogP contribution in [-0.2, 0) is 29.3 Å². The van der Waals surface area contributed by atoms with E-state index in [1.165, 1.54) is 22.9 Å². The van der Waals surface area contributed by atoms with Crippen molar-refractivity contribution in [2.24, 2.45) is 5.92 Å². The van der Waals surface area contributed by atoms with E-state index in [0.29, 0.717) is 23.7 Å². The fourth-order valence-corrected chi connectivity index (χ4v) is 5.18. The molecule has 1 amide bonds. The molecule has 0 bridgehead atoms. The zero-order chi connectivity index (χ0) is 30.9. The summed E-state index contributed by atoms with van der Waals surface area (Å²) in [6, 6.07) is 23.9. The lowest BCUT2D eigenvalue weighted by Gasteiger charge is -2.33. The molecule has 0 aliphatic heterocycles. The summed E-state index contributed by atoms with van der Waals surface area (Å²) in [4.78, 5) is 24.9. The van der Waals surface area contributed by atoms with E-state index < -0.39 is 11.8 Å². The van der Waals surface area contributed by atoms with Gasteiger partial charge in [-0.3, -0.25) is 4.79 Å². The number of ether oxygens (including phenoxy) is 3. The molecule has 5 rings (SSSR count). The van der Waals surface area contributed by atoms with Crippen LogP contribution in [-0.4, -0.2) is 32.8 Å². The fraction of sp³-hybridized carbons (Fsp3) is 0.265. The molecule has 3 aromatic carbocycles. The Labute approximate surface area is 254 Å². The molecule has 2 N–H and O–H groups in total. The second kappa shape index (κ2) is 14.4. The number of aromatic nitrogens is 2. The van der Waals surface area contributed by atoms with E-state index in [0.717, 1.165) is 31.2 Å². The number of amides is 1. The molecule has 1 aromatic heterocycles. The van der Waals surface area contributed by atoms with Gasteiger partial charge in [0, 0.05) is 18.0 Å². The largest absolute Gasteiger partial charge is 0.494 e. The van der Waals surface area contributed by atoms with Crippen molar-refractivity contribution in [3.05, 3.63) is 120 Å². The second-order valence-electron chi connectivity index (χ2n) is 10.6. The molecule has 0 radical (unpaired) electrons. The van der Waals surface area contributed by atoms with Crippen LogP contribution in [0.5, 0.6) is 17.4 Å². The number of halogens is 1. The minimum atomic E-state index is -1.24. The van der Waals surface area contributed by atoms with Crippen LogP contribution in [0.4, 0.5) is 4.39 Å². The van der Waals surface area contributed by atoms with E-state index in [9.17, 15) is 19.1 Å². The molecule has 1 heterocycles. The molecule has 44 heavy (non-hydrogen) atoms. The summed E-state index contributed by atoms with van der Waals surface area (Å²) in [5, 5.41) is 16.7. The minimum absolute atomic E-state index is 0.0319. The number of aromatic carboxylic acids is 1. The first-order valence-corrected chi connectivity index (χ1v) is 14.5. The van der Waals surface area contributed by atoms with Crippen molar-refractivity contribution in [3.63, 3.8) is 0 Å². The topological polar surface area (TPSA) is 112 Å². The molecule has 0 spiro atoms. The van der Waals surface area contributed by atoms with Crippen LogP contribution < -0.4 is 14.8 Å². The maximum atomic E-state index is 14.0. The first-order chi connectivity index (χ1) is 21.4. The Hall–Kier alpha value is -5.12. The van der Waals surface area contributed by atoms with Crippen molar-refractivity contribution in [1.82, 2.24) is 15.1 Å². The van der Waals surface area contributed by atoms with Crippen LogP contribution in [0.1, 0.15) is 47.3 Å². The third-order valence-electron chi connectivity index (χ3n) is 7.40. The van der Waals surface area contributed by atoms with E-state index in [1.54, 1.807) is 36.4 Å². The molecule has 1 aliphatic rings. The van der Waals surface area contributed by atoms with Crippen molar-refractivity contribution < 1.29 is 33.3 Å². The maximum absolute atomic E-state index is 14.0. The van der Waals surface area contributed by atoms with Crippen molar-refractivity contribution in [1.29, 1.82) is 0 Å². The van der Waals surface area contributed by atoms with Gasteiger partial charge in [-0.25, -0.2) is 13.9 Å². The summed E-state index contributed by atoms with van der Waals surface area (Å²) >= 11 is 0. The zero-order valence-electron chi connectivity index (χ0n) is 24.2. The Bertz CT molecular complexity index is 1610. The molecule has 0 unspecified atom stereocenters. The van der Waals surface area contributed by atoms with Crippen molar-refractivity contribution in [3.8, 4) is 17.4 Å². The van der Waals surface area contributed by atoms with E-state index in [-0.39, 0.29) is 48.3 Å². The molecule has 9 nitrogen and oxygen atoms in total. The van der Waals surface area contributed by atoms with Crippen LogP contribution in [0.15, 0.2) is 97.3 Å². The monoisotopic (exact) mass is 599 g/mol. The maximum Gasteiger partial charge on any atom is 0.356 e. The molecule has 1 saturated carbocycles. The van der Waals surface area contributed by atoms with Gasteiger partial charge in [0.05, 0.1) is 5.76 Å². The molecule has 10 heteroatoms. The van der Waals surface area contributed by atoms with E-state index in [4.69, 9.17) is 14.2 Å². The van der Waals surface area contributed by atoms with Crippen LogP contribution >= 0.6 is 0 Å². The Morgan fingerprint density at radius 2 is 1.70 bits per heavy atom. The number of rotatable bonds is 13. The number of nitrogens with zero attached hydrogens (tertiary/aromatic N) is 2. The first-order valence-electron chi connectivity index (χ1n) is 14.5. The quantitative estimate of drug-likeness (QED) is 0.169. The van der Waals surface area contributed by atoms with Gasteiger partial charge in [-0.05, 0) is 48.2 Å². The average Bonchev–Trinajstić information content (AvgIpc) is 3.43. The summed E-state index contributed by atoms with van der Waals surface area (Å²) in [5.74, 6) is -0.847. The van der Waals surface area contributed by atoms with Crippen molar-refractivity contribution in [2.75, 3.05) is 0 Å². The lowest BCUT2D eigenvalue weighted by Crippen LogP contribution is -2.44. The average molecular weight is 600 g/mol. The summed E-state index contributed by atoms with van der Waals surface area (Å²) in [5.41, 5.74) is 1.48. The van der Waals surface area contributed by atoms with Crippen molar-refractivity contribution in [2.45, 2.75) is 51.5 Å². The SMILES string of the molecule is C=C(OCc1ccccc1)[C@H]1CCCC[C@@H]1NC(=O)Cn1nc(C(=O)O)cc1OCc1cccc(Oc2ccccc2F)c1. The van der Waals surface area contributed by atoms with Gasteiger partial charge in [-0.15, -0.1) is 0 Å². The van der Waals surface area contributed by atoms with E-state index >= 15 is 0 Å². The first kappa shape index (κ1) is 30.3. The van der Waals surface area contributed by atoms with E-state index in [1.807, 2.05) is 30.3 Å². The molecule has 0 saturated heterocycles. The number of carbonyl (C=O) groups excluding carboxylic acids is 1. The Morgan fingerprint density at radius 3 is 2.50 bits per heavy atom. The molecule has 4 aromatic rings. The van der Waals surface area contributed by atoms with Crippen LogP contribution in [0.3, 0.4) is 0 Å². The Morgan fingerprint density at radius 1 is 0.955 bits per heavy atom. The van der Waals surface area contributed by atoms with Crippen LogP contribution in [0.25, 0.3) is 0 Å². The third-order valence-corrected chi connectivity index (χ3v) is 7.40. The molecular weight excluding hydrogens is 565 g/mol. The number of benzene rings is 3. The van der Waals surface area contributed by atoms with Crippen LogP contribution in [0.2, 0.25) is 0 Å². The number of hydrogen-bond acceptors (Lipinski definition) is 6. The number of carboxylic acid groups (broad SMARTS) is 1. The van der Waals surface area contributed by atoms with Crippen molar-refractivity contribution >= 4 is 11.9 Å². The van der Waals surface area contributed by atoms with Gasteiger partial charge < -0.3 is 24.6 Å². The van der Waals surface area contributed by atoms with Gasteiger partial charge >= 0.3 is 5.97 Å². The highest BCUT2D eigenvalue weighted by molar-refractivity contribution is 5.85. The second-order valence-corrected chi connectivity index (χ2v) is 10.6. The smallest absolute Gasteiger partial charge is 0.356 e. The predicted molar refractivity (Wildman–Crippen MR) is 161 cm³/mol. The van der Waals surface area contributed by atoms with Crippen LogP contribution in [0, 0.1) is 11.7 Å². The lowest BCUT2D eigenvalue weighted by atomic mass is 9.83. The number of nitrogens with one attached hydrogen (secondary N) is 1. The molecule has 228 valence electrons. The van der Waals surface area contributed by atoms with Gasteiger partial charge in [0.25, 0.3) is 0 Å². The Kier molecular flexibility index (Phi) is 9.91. The highest BCUT2D eigenvalue weighted by atomic mass is 19.1. The Balaban J connectivity index is 1.21. The molecule has 1 aliphatic carbocycles. The fourth-order valence-electron chi connectivity index (χ4n) is 5.18.